The van der Waals surface area contributed by atoms with Crippen LogP contribution in [0.25, 0.3) is 10.9 Å². The number of methoxy groups -OCH3 is 1. The molecule has 1 aromatic carbocycles. The fourth-order valence-electron chi connectivity index (χ4n) is 3.18. The van der Waals surface area contributed by atoms with Crippen LogP contribution in [0.3, 0.4) is 0 Å². The van der Waals surface area contributed by atoms with Crippen molar-refractivity contribution in [2.24, 2.45) is 0 Å². The van der Waals surface area contributed by atoms with E-state index in [0.29, 0.717) is 6.04 Å². The van der Waals surface area contributed by atoms with E-state index in [1.165, 1.54) is 40.6 Å². The zero-order valence-corrected chi connectivity index (χ0v) is 12.0. The first kappa shape index (κ1) is 12.5. The second-order valence-corrected chi connectivity index (χ2v) is 5.59. The number of hydrogen-bond donors (Lipinski definition) is 2. The van der Waals surface area contributed by atoms with Crippen LogP contribution in [0.4, 0.5) is 0 Å². The van der Waals surface area contributed by atoms with E-state index in [9.17, 15) is 0 Å². The van der Waals surface area contributed by atoms with Crippen LogP contribution in [0.5, 0.6) is 5.75 Å². The Kier molecular flexibility index (Phi) is 3.23. The lowest BCUT2D eigenvalue weighted by atomic mass is 10.0. The molecule has 1 aliphatic rings. The molecule has 1 aromatic heterocycles. The number of rotatable bonds is 3. The summed E-state index contributed by atoms with van der Waals surface area (Å²) in [5, 5.41) is 4.91. The molecule has 2 heterocycles. The molecule has 2 aromatic rings. The number of hydrogen-bond acceptors (Lipinski definition) is 2. The minimum atomic E-state index is 0.629. The van der Waals surface area contributed by atoms with Crippen LogP contribution in [-0.2, 0) is 6.42 Å². The SMILES string of the molecule is COc1cc(C)c2[nH]c(C)c(C[C@H]3CCCN3)c2c1. The molecule has 19 heavy (non-hydrogen) atoms. The van der Waals surface area contributed by atoms with Gasteiger partial charge in [-0.2, -0.15) is 0 Å². The van der Waals surface area contributed by atoms with Crippen LogP contribution < -0.4 is 10.1 Å². The van der Waals surface area contributed by atoms with Crippen molar-refractivity contribution in [3.63, 3.8) is 0 Å². The summed E-state index contributed by atoms with van der Waals surface area (Å²) in [6, 6.07) is 4.88. The second-order valence-electron chi connectivity index (χ2n) is 5.59. The van der Waals surface area contributed by atoms with Gasteiger partial charge in [-0.1, -0.05) is 0 Å². The fourth-order valence-corrected chi connectivity index (χ4v) is 3.18. The number of benzene rings is 1. The van der Waals surface area contributed by atoms with Gasteiger partial charge < -0.3 is 15.0 Å². The van der Waals surface area contributed by atoms with Crippen LogP contribution in [0.2, 0.25) is 0 Å². The molecule has 1 saturated heterocycles. The van der Waals surface area contributed by atoms with Gasteiger partial charge in [0.2, 0.25) is 0 Å². The van der Waals surface area contributed by atoms with E-state index >= 15 is 0 Å². The van der Waals surface area contributed by atoms with Gasteiger partial charge in [0.05, 0.1) is 7.11 Å². The number of ether oxygens (including phenoxy) is 1. The topological polar surface area (TPSA) is 37.0 Å². The van der Waals surface area contributed by atoms with Gasteiger partial charge in [0.25, 0.3) is 0 Å². The average molecular weight is 258 g/mol. The highest BCUT2D eigenvalue weighted by atomic mass is 16.5. The molecule has 0 spiro atoms. The highest BCUT2D eigenvalue weighted by Gasteiger charge is 2.19. The lowest BCUT2D eigenvalue weighted by molar-refractivity contribution is 0.415. The lowest BCUT2D eigenvalue weighted by Crippen LogP contribution is -2.23. The van der Waals surface area contributed by atoms with Crippen LogP contribution in [0.1, 0.15) is 29.7 Å². The van der Waals surface area contributed by atoms with E-state index in [2.05, 4.69) is 36.3 Å². The summed E-state index contributed by atoms with van der Waals surface area (Å²) < 4.78 is 5.41. The summed E-state index contributed by atoms with van der Waals surface area (Å²) in [7, 11) is 1.73. The molecule has 102 valence electrons. The smallest absolute Gasteiger partial charge is 0.119 e. The van der Waals surface area contributed by atoms with Crippen molar-refractivity contribution in [2.75, 3.05) is 13.7 Å². The summed E-state index contributed by atoms with van der Waals surface area (Å²) in [5.74, 6) is 0.949. The molecule has 0 amide bonds. The Morgan fingerprint density at radius 3 is 2.84 bits per heavy atom. The maximum atomic E-state index is 5.41. The van der Waals surface area contributed by atoms with E-state index in [0.717, 1.165) is 18.7 Å². The monoisotopic (exact) mass is 258 g/mol. The molecule has 3 nitrogen and oxygen atoms in total. The molecule has 0 aliphatic carbocycles. The lowest BCUT2D eigenvalue weighted by Gasteiger charge is -2.11. The molecular formula is C16H22N2O. The fraction of sp³-hybridized carbons (Fsp3) is 0.500. The third-order valence-electron chi connectivity index (χ3n) is 4.25. The highest BCUT2D eigenvalue weighted by Crippen LogP contribution is 2.30. The zero-order valence-electron chi connectivity index (χ0n) is 12.0. The van der Waals surface area contributed by atoms with Crippen LogP contribution >= 0.6 is 0 Å². The number of aromatic nitrogens is 1. The van der Waals surface area contributed by atoms with Gasteiger partial charge in [-0.05, 0) is 62.9 Å². The summed E-state index contributed by atoms with van der Waals surface area (Å²) >= 11 is 0. The third kappa shape index (κ3) is 2.23. The Morgan fingerprint density at radius 1 is 1.32 bits per heavy atom. The standard InChI is InChI=1S/C16H22N2O/c1-10-7-13(19-3)9-15-14(11(2)18-16(10)15)8-12-5-4-6-17-12/h7,9,12,17-18H,4-6,8H2,1-3H3/t12-/m1/s1. The van der Waals surface area contributed by atoms with Gasteiger partial charge in [0.15, 0.2) is 0 Å². The van der Waals surface area contributed by atoms with Gasteiger partial charge in [-0.25, -0.2) is 0 Å². The molecule has 1 fully saturated rings. The van der Waals surface area contributed by atoms with Crippen LogP contribution in [0, 0.1) is 13.8 Å². The molecular weight excluding hydrogens is 236 g/mol. The largest absolute Gasteiger partial charge is 0.497 e. The van der Waals surface area contributed by atoms with Crippen LogP contribution in [0.15, 0.2) is 12.1 Å². The maximum absolute atomic E-state index is 5.41. The first-order valence-corrected chi connectivity index (χ1v) is 7.08. The minimum absolute atomic E-state index is 0.629. The van der Waals surface area contributed by atoms with Gasteiger partial charge in [0.1, 0.15) is 5.75 Å². The average Bonchev–Trinajstić information content (AvgIpc) is 3.00. The Labute approximate surface area is 114 Å². The molecule has 3 rings (SSSR count). The van der Waals surface area contributed by atoms with E-state index in [4.69, 9.17) is 4.74 Å². The molecule has 3 heteroatoms. The molecule has 1 atom stereocenters. The molecule has 2 N–H and O–H groups in total. The summed E-state index contributed by atoms with van der Waals surface area (Å²) in [6.45, 7) is 5.48. The Morgan fingerprint density at radius 2 is 2.16 bits per heavy atom. The second kappa shape index (κ2) is 4.89. The molecule has 0 saturated carbocycles. The first-order chi connectivity index (χ1) is 9.19. The number of aromatic amines is 1. The van der Waals surface area contributed by atoms with Crippen molar-refractivity contribution in [3.05, 3.63) is 29.0 Å². The van der Waals surface area contributed by atoms with E-state index in [1.54, 1.807) is 7.11 Å². The summed E-state index contributed by atoms with van der Waals surface area (Å²) in [6.07, 6.45) is 3.70. The zero-order chi connectivity index (χ0) is 13.4. The number of aryl methyl sites for hydroxylation is 2. The van der Waals surface area contributed by atoms with E-state index < -0.39 is 0 Å². The summed E-state index contributed by atoms with van der Waals surface area (Å²) in [5.41, 5.74) is 5.24. The number of nitrogens with one attached hydrogen (secondary N) is 2. The van der Waals surface area contributed by atoms with Gasteiger partial charge in [0, 0.05) is 22.6 Å². The van der Waals surface area contributed by atoms with Crippen molar-refractivity contribution in [2.45, 2.75) is 39.2 Å². The summed E-state index contributed by atoms with van der Waals surface area (Å²) in [4.78, 5) is 3.54. The van der Waals surface area contributed by atoms with Crippen molar-refractivity contribution in [1.82, 2.24) is 10.3 Å². The molecule has 0 bridgehead atoms. The number of H-pyrrole nitrogens is 1. The van der Waals surface area contributed by atoms with Gasteiger partial charge >= 0.3 is 0 Å². The Hall–Kier alpha value is -1.48. The minimum Gasteiger partial charge on any atom is -0.497 e. The Balaban J connectivity index is 2.06. The third-order valence-corrected chi connectivity index (χ3v) is 4.25. The van der Waals surface area contributed by atoms with Crippen molar-refractivity contribution in [3.8, 4) is 5.75 Å². The molecule has 0 unspecified atom stereocenters. The highest BCUT2D eigenvalue weighted by molar-refractivity contribution is 5.88. The quantitative estimate of drug-likeness (QED) is 0.887. The first-order valence-electron chi connectivity index (χ1n) is 7.08. The van der Waals surface area contributed by atoms with Crippen molar-refractivity contribution < 1.29 is 4.74 Å². The van der Waals surface area contributed by atoms with E-state index in [1.807, 2.05) is 0 Å². The van der Waals surface area contributed by atoms with Crippen LogP contribution in [-0.4, -0.2) is 24.7 Å². The number of fused-ring (bicyclic) bond motifs is 1. The molecule has 0 radical (unpaired) electrons. The van der Waals surface area contributed by atoms with E-state index in [-0.39, 0.29) is 0 Å². The predicted molar refractivity (Wildman–Crippen MR) is 79.1 cm³/mol. The van der Waals surface area contributed by atoms with Crippen molar-refractivity contribution >= 4 is 10.9 Å². The van der Waals surface area contributed by atoms with Gasteiger partial charge in [-0.15, -0.1) is 0 Å². The van der Waals surface area contributed by atoms with Gasteiger partial charge in [-0.3, -0.25) is 0 Å². The predicted octanol–water partition coefficient (Wildman–Crippen LogP) is 3.09. The molecule has 1 aliphatic heterocycles. The van der Waals surface area contributed by atoms with Crippen molar-refractivity contribution in [1.29, 1.82) is 0 Å². The maximum Gasteiger partial charge on any atom is 0.119 e. The normalized spacial score (nSPS) is 19.2. The Bertz CT molecular complexity index is 594.